The third kappa shape index (κ3) is 3.75. The number of unbranched alkanes of at least 4 members (excludes halogenated alkanes) is 1. The predicted molar refractivity (Wildman–Crippen MR) is 98.4 cm³/mol. The van der Waals surface area contributed by atoms with E-state index in [-0.39, 0.29) is 10.8 Å². The summed E-state index contributed by atoms with van der Waals surface area (Å²) in [6.07, 6.45) is 2.56. The van der Waals surface area contributed by atoms with E-state index in [1.165, 1.54) is 12.1 Å². The molecule has 1 heterocycles. The molecule has 5 nitrogen and oxygen atoms in total. The van der Waals surface area contributed by atoms with E-state index >= 15 is 0 Å². The molecule has 0 atom stereocenters. The van der Waals surface area contributed by atoms with Crippen molar-refractivity contribution in [3.8, 4) is 0 Å². The fourth-order valence-corrected chi connectivity index (χ4v) is 4.02. The summed E-state index contributed by atoms with van der Waals surface area (Å²) in [6.45, 7) is 3.08. The molecule has 0 fully saturated rings. The Hall–Kier alpha value is -2.18. The first kappa shape index (κ1) is 17.6. The van der Waals surface area contributed by atoms with Crippen LogP contribution in [0.5, 0.6) is 0 Å². The average Bonchev–Trinajstić information content (AvgIpc) is 3.05. The number of rotatable bonds is 6. The van der Waals surface area contributed by atoms with E-state index in [4.69, 9.17) is 0 Å². The Morgan fingerprint density at radius 3 is 2.56 bits per heavy atom. The minimum atomic E-state index is -3.52. The van der Waals surface area contributed by atoms with Gasteiger partial charge in [-0.1, -0.05) is 31.5 Å². The van der Waals surface area contributed by atoms with Crippen LogP contribution in [0.1, 0.15) is 35.7 Å². The number of para-hydroxylation sites is 1. The summed E-state index contributed by atoms with van der Waals surface area (Å²) in [5.41, 5.74) is 2.59. The molecule has 1 N–H and O–H groups in total. The molecule has 0 saturated heterocycles. The SMILES string of the molecule is CCCCNS(=O)(=O)c1ccc(C(=O)N2CCc3ccccc32)cc1. The molecular formula is C19H22N2O3S. The minimum Gasteiger partial charge on any atom is -0.308 e. The van der Waals surface area contributed by atoms with E-state index in [0.717, 1.165) is 30.5 Å². The van der Waals surface area contributed by atoms with Crippen molar-refractivity contribution in [1.29, 1.82) is 0 Å². The number of hydrogen-bond donors (Lipinski definition) is 1. The van der Waals surface area contributed by atoms with Crippen LogP contribution in [-0.2, 0) is 16.4 Å². The van der Waals surface area contributed by atoms with Gasteiger partial charge < -0.3 is 4.90 Å². The molecule has 25 heavy (non-hydrogen) atoms. The second-order valence-electron chi connectivity index (χ2n) is 6.11. The van der Waals surface area contributed by atoms with E-state index in [9.17, 15) is 13.2 Å². The van der Waals surface area contributed by atoms with E-state index in [2.05, 4.69) is 4.72 Å². The predicted octanol–water partition coefficient (Wildman–Crippen LogP) is 2.97. The number of fused-ring (bicyclic) bond motifs is 1. The molecule has 0 radical (unpaired) electrons. The maximum atomic E-state index is 12.7. The van der Waals surface area contributed by atoms with E-state index in [1.807, 2.05) is 31.2 Å². The highest BCUT2D eigenvalue weighted by Crippen LogP contribution is 2.29. The highest BCUT2D eigenvalue weighted by atomic mass is 32.2. The molecule has 2 aromatic carbocycles. The molecule has 0 spiro atoms. The van der Waals surface area contributed by atoms with Crippen molar-refractivity contribution in [3.63, 3.8) is 0 Å². The van der Waals surface area contributed by atoms with Gasteiger partial charge in [0.05, 0.1) is 4.90 Å². The van der Waals surface area contributed by atoms with Gasteiger partial charge in [0.1, 0.15) is 0 Å². The highest BCUT2D eigenvalue weighted by molar-refractivity contribution is 7.89. The van der Waals surface area contributed by atoms with Crippen LogP contribution in [0.2, 0.25) is 0 Å². The van der Waals surface area contributed by atoms with Gasteiger partial charge in [0, 0.05) is 24.3 Å². The van der Waals surface area contributed by atoms with E-state index < -0.39 is 10.0 Å². The molecule has 3 rings (SSSR count). The molecule has 2 aromatic rings. The smallest absolute Gasteiger partial charge is 0.258 e. The van der Waals surface area contributed by atoms with Crippen LogP contribution in [0.3, 0.4) is 0 Å². The van der Waals surface area contributed by atoms with E-state index in [0.29, 0.717) is 18.7 Å². The normalized spacial score (nSPS) is 13.7. The van der Waals surface area contributed by atoms with Crippen molar-refractivity contribution >= 4 is 21.6 Å². The number of nitrogens with zero attached hydrogens (tertiary/aromatic N) is 1. The van der Waals surface area contributed by atoms with Crippen LogP contribution in [-0.4, -0.2) is 27.4 Å². The van der Waals surface area contributed by atoms with Crippen LogP contribution in [0.4, 0.5) is 5.69 Å². The second kappa shape index (κ2) is 7.37. The number of hydrogen-bond acceptors (Lipinski definition) is 3. The highest BCUT2D eigenvalue weighted by Gasteiger charge is 2.25. The van der Waals surface area contributed by atoms with Crippen molar-refractivity contribution in [1.82, 2.24) is 4.72 Å². The first-order valence-electron chi connectivity index (χ1n) is 8.52. The molecule has 1 aliphatic heterocycles. The van der Waals surface area contributed by atoms with Gasteiger partial charge >= 0.3 is 0 Å². The van der Waals surface area contributed by atoms with Crippen LogP contribution in [0.25, 0.3) is 0 Å². The molecule has 6 heteroatoms. The quantitative estimate of drug-likeness (QED) is 0.808. The summed E-state index contributed by atoms with van der Waals surface area (Å²) in [4.78, 5) is 14.7. The summed E-state index contributed by atoms with van der Waals surface area (Å²) in [7, 11) is -3.52. The Bertz CT molecular complexity index is 860. The lowest BCUT2D eigenvalue weighted by atomic mass is 10.1. The summed E-state index contributed by atoms with van der Waals surface area (Å²) >= 11 is 0. The van der Waals surface area contributed by atoms with Gasteiger partial charge in [-0.3, -0.25) is 4.79 Å². The van der Waals surface area contributed by atoms with Gasteiger partial charge in [0.15, 0.2) is 0 Å². The van der Waals surface area contributed by atoms with Crippen molar-refractivity contribution in [3.05, 3.63) is 59.7 Å². The van der Waals surface area contributed by atoms with E-state index in [1.54, 1.807) is 17.0 Å². The molecule has 0 aromatic heterocycles. The summed E-state index contributed by atoms with van der Waals surface area (Å²) in [5.74, 6) is -0.104. The minimum absolute atomic E-state index is 0.104. The number of carbonyl (C=O) groups excluding carboxylic acids is 1. The second-order valence-corrected chi connectivity index (χ2v) is 7.88. The van der Waals surface area contributed by atoms with Gasteiger partial charge in [0.25, 0.3) is 5.91 Å². The fraction of sp³-hybridized carbons (Fsp3) is 0.316. The molecular weight excluding hydrogens is 336 g/mol. The fourth-order valence-electron chi connectivity index (χ4n) is 2.95. The van der Waals surface area contributed by atoms with Crippen LogP contribution in [0.15, 0.2) is 53.4 Å². The zero-order chi connectivity index (χ0) is 17.9. The number of sulfonamides is 1. The zero-order valence-electron chi connectivity index (χ0n) is 14.2. The van der Waals surface area contributed by atoms with Gasteiger partial charge in [0.2, 0.25) is 10.0 Å². The Balaban J connectivity index is 1.76. The summed E-state index contributed by atoms with van der Waals surface area (Å²) in [5, 5.41) is 0. The first-order valence-corrected chi connectivity index (χ1v) is 10.0. The van der Waals surface area contributed by atoms with Crippen molar-refractivity contribution < 1.29 is 13.2 Å². The number of benzene rings is 2. The van der Waals surface area contributed by atoms with Crippen molar-refractivity contribution in [2.45, 2.75) is 31.1 Å². The number of carbonyl (C=O) groups is 1. The number of anilines is 1. The van der Waals surface area contributed by atoms with Crippen LogP contribution >= 0.6 is 0 Å². The lowest BCUT2D eigenvalue weighted by Gasteiger charge is -2.17. The van der Waals surface area contributed by atoms with Gasteiger partial charge in [-0.2, -0.15) is 0 Å². The largest absolute Gasteiger partial charge is 0.308 e. The third-order valence-corrected chi connectivity index (χ3v) is 5.84. The number of amides is 1. The third-order valence-electron chi connectivity index (χ3n) is 4.37. The number of nitrogens with one attached hydrogen (secondary N) is 1. The van der Waals surface area contributed by atoms with Crippen LogP contribution < -0.4 is 9.62 Å². The first-order chi connectivity index (χ1) is 12.0. The Morgan fingerprint density at radius 2 is 1.84 bits per heavy atom. The molecule has 1 amide bonds. The van der Waals surface area contributed by atoms with Crippen LogP contribution in [0, 0.1) is 0 Å². The van der Waals surface area contributed by atoms with Gasteiger partial charge in [-0.05, 0) is 48.7 Å². The monoisotopic (exact) mass is 358 g/mol. The molecule has 0 unspecified atom stereocenters. The molecule has 0 saturated carbocycles. The molecule has 0 bridgehead atoms. The van der Waals surface area contributed by atoms with Crippen molar-refractivity contribution in [2.24, 2.45) is 0 Å². The summed E-state index contributed by atoms with van der Waals surface area (Å²) in [6, 6.07) is 14.0. The molecule has 1 aliphatic rings. The average molecular weight is 358 g/mol. The maximum absolute atomic E-state index is 12.7. The Labute approximate surface area is 148 Å². The Kier molecular flexibility index (Phi) is 5.20. The van der Waals surface area contributed by atoms with Gasteiger partial charge in [-0.15, -0.1) is 0 Å². The molecule has 0 aliphatic carbocycles. The molecule has 132 valence electrons. The summed E-state index contributed by atoms with van der Waals surface area (Å²) < 4.78 is 27.0. The maximum Gasteiger partial charge on any atom is 0.258 e. The topological polar surface area (TPSA) is 66.5 Å². The lowest BCUT2D eigenvalue weighted by Crippen LogP contribution is -2.29. The standard InChI is InChI=1S/C19H22N2O3S/c1-2-3-13-20-25(23,24)17-10-8-16(9-11-17)19(22)21-14-12-15-6-4-5-7-18(15)21/h4-11,20H,2-3,12-14H2,1H3. The lowest BCUT2D eigenvalue weighted by molar-refractivity contribution is 0.0989. The Morgan fingerprint density at radius 1 is 1.12 bits per heavy atom. The van der Waals surface area contributed by atoms with Gasteiger partial charge in [-0.25, -0.2) is 13.1 Å². The zero-order valence-corrected chi connectivity index (χ0v) is 15.1. The van der Waals surface area contributed by atoms with Crippen molar-refractivity contribution in [2.75, 3.05) is 18.0 Å².